The summed E-state index contributed by atoms with van der Waals surface area (Å²) in [6.45, 7) is 0.721. The number of aromatic nitrogens is 1. The van der Waals surface area contributed by atoms with Gasteiger partial charge in [0, 0.05) is 29.6 Å². The molecular weight excluding hydrogens is 384 g/mol. The lowest BCUT2D eigenvalue weighted by Gasteiger charge is -2.36. The normalized spacial score (nSPS) is 15.6. The molecule has 2 heterocycles. The lowest BCUT2D eigenvalue weighted by Crippen LogP contribution is -2.40. The SMILES string of the molecule is COc1ccc([C@H]2c3[nH]c4ccccc4c3CCN2C(=O)CCc2ccccc2)cc1. The lowest BCUT2D eigenvalue weighted by atomic mass is 9.91. The average Bonchev–Trinajstić information content (AvgIpc) is 3.21. The molecule has 1 N–H and O–H groups in total. The number of benzene rings is 3. The minimum absolute atomic E-state index is 0.120. The number of rotatable bonds is 5. The van der Waals surface area contributed by atoms with Crippen LogP contribution in [0.25, 0.3) is 10.9 Å². The number of fused-ring (bicyclic) bond motifs is 3. The summed E-state index contributed by atoms with van der Waals surface area (Å²) in [6, 6.07) is 26.6. The maximum Gasteiger partial charge on any atom is 0.223 e. The fraction of sp³-hybridized carbons (Fsp3) is 0.222. The number of carbonyl (C=O) groups is 1. The van der Waals surface area contributed by atoms with Crippen molar-refractivity contribution in [3.63, 3.8) is 0 Å². The molecular formula is C27H26N2O2. The zero-order chi connectivity index (χ0) is 21.2. The first-order valence-electron chi connectivity index (χ1n) is 10.8. The van der Waals surface area contributed by atoms with E-state index in [9.17, 15) is 4.79 Å². The summed E-state index contributed by atoms with van der Waals surface area (Å²) in [5.41, 5.74) is 5.88. The van der Waals surface area contributed by atoms with E-state index in [1.807, 2.05) is 35.2 Å². The Balaban J connectivity index is 1.51. The van der Waals surface area contributed by atoms with Crippen molar-refractivity contribution in [2.75, 3.05) is 13.7 Å². The van der Waals surface area contributed by atoms with Gasteiger partial charge in [-0.2, -0.15) is 0 Å². The van der Waals surface area contributed by atoms with Gasteiger partial charge in [0.15, 0.2) is 0 Å². The summed E-state index contributed by atoms with van der Waals surface area (Å²) < 4.78 is 5.35. The smallest absolute Gasteiger partial charge is 0.223 e. The summed E-state index contributed by atoms with van der Waals surface area (Å²) in [7, 11) is 1.67. The van der Waals surface area contributed by atoms with Crippen LogP contribution in [0, 0.1) is 0 Å². The third-order valence-corrected chi connectivity index (χ3v) is 6.26. The first kappa shape index (κ1) is 19.4. The molecule has 1 aliphatic heterocycles. The van der Waals surface area contributed by atoms with E-state index in [0.717, 1.165) is 41.9 Å². The molecule has 4 nitrogen and oxygen atoms in total. The second-order valence-electron chi connectivity index (χ2n) is 8.06. The van der Waals surface area contributed by atoms with Crippen LogP contribution in [-0.2, 0) is 17.6 Å². The Labute approximate surface area is 182 Å². The summed E-state index contributed by atoms with van der Waals surface area (Å²) in [6.07, 6.45) is 2.13. The van der Waals surface area contributed by atoms with Crippen LogP contribution < -0.4 is 4.74 Å². The van der Waals surface area contributed by atoms with Crippen molar-refractivity contribution in [2.45, 2.75) is 25.3 Å². The number of para-hydroxylation sites is 1. The van der Waals surface area contributed by atoms with Gasteiger partial charge in [-0.05, 0) is 47.7 Å². The number of hydrogen-bond donors (Lipinski definition) is 1. The zero-order valence-corrected chi connectivity index (χ0v) is 17.7. The minimum atomic E-state index is -0.120. The highest BCUT2D eigenvalue weighted by Crippen LogP contribution is 2.39. The molecule has 0 spiro atoms. The monoisotopic (exact) mass is 410 g/mol. The largest absolute Gasteiger partial charge is 0.497 e. The minimum Gasteiger partial charge on any atom is -0.497 e. The molecule has 0 fully saturated rings. The van der Waals surface area contributed by atoms with Gasteiger partial charge in [-0.15, -0.1) is 0 Å². The van der Waals surface area contributed by atoms with Gasteiger partial charge in [0.1, 0.15) is 5.75 Å². The molecule has 31 heavy (non-hydrogen) atoms. The lowest BCUT2D eigenvalue weighted by molar-refractivity contribution is -0.133. The third-order valence-electron chi connectivity index (χ3n) is 6.26. The van der Waals surface area contributed by atoms with Gasteiger partial charge in [0.25, 0.3) is 0 Å². The van der Waals surface area contributed by atoms with Crippen LogP contribution in [0.1, 0.15) is 34.8 Å². The van der Waals surface area contributed by atoms with Crippen molar-refractivity contribution in [3.05, 3.63) is 101 Å². The number of nitrogens with one attached hydrogen (secondary N) is 1. The van der Waals surface area contributed by atoms with Crippen molar-refractivity contribution in [1.82, 2.24) is 9.88 Å². The van der Waals surface area contributed by atoms with E-state index in [0.29, 0.717) is 6.42 Å². The van der Waals surface area contributed by atoms with Gasteiger partial charge in [0.2, 0.25) is 5.91 Å². The Bertz CT molecular complexity index is 1200. The number of aryl methyl sites for hydroxylation is 1. The van der Waals surface area contributed by atoms with Gasteiger partial charge >= 0.3 is 0 Å². The van der Waals surface area contributed by atoms with E-state index in [1.54, 1.807) is 7.11 Å². The molecule has 1 aliphatic rings. The van der Waals surface area contributed by atoms with E-state index >= 15 is 0 Å². The molecule has 1 amide bonds. The molecule has 5 rings (SSSR count). The van der Waals surface area contributed by atoms with Crippen LogP contribution in [0.2, 0.25) is 0 Å². The number of nitrogens with zero attached hydrogens (tertiary/aromatic N) is 1. The first-order valence-corrected chi connectivity index (χ1v) is 10.8. The molecule has 4 heteroatoms. The second kappa shape index (κ2) is 8.31. The topological polar surface area (TPSA) is 45.3 Å². The number of hydrogen-bond acceptors (Lipinski definition) is 2. The number of amides is 1. The number of methoxy groups -OCH3 is 1. The highest BCUT2D eigenvalue weighted by Gasteiger charge is 2.34. The molecule has 0 saturated carbocycles. The molecule has 0 radical (unpaired) electrons. The quantitative estimate of drug-likeness (QED) is 0.486. The molecule has 4 aromatic rings. The van der Waals surface area contributed by atoms with Crippen LogP contribution in [0.5, 0.6) is 5.75 Å². The predicted molar refractivity (Wildman–Crippen MR) is 123 cm³/mol. The van der Waals surface area contributed by atoms with Crippen molar-refractivity contribution >= 4 is 16.8 Å². The van der Waals surface area contributed by atoms with Gasteiger partial charge in [-0.3, -0.25) is 4.79 Å². The Morgan fingerprint density at radius 1 is 1.00 bits per heavy atom. The van der Waals surface area contributed by atoms with Gasteiger partial charge < -0.3 is 14.6 Å². The number of carbonyl (C=O) groups excluding carboxylic acids is 1. The fourth-order valence-electron chi connectivity index (χ4n) is 4.68. The molecule has 0 unspecified atom stereocenters. The summed E-state index contributed by atoms with van der Waals surface area (Å²) in [5.74, 6) is 1.01. The molecule has 156 valence electrons. The first-order chi connectivity index (χ1) is 15.2. The van der Waals surface area contributed by atoms with E-state index in [4.69, 9.17) is 4.74 Å². The maximum atomic E-state index is 13.4. The van der Waals surface area contributed by atoms with E-state index in [-0.39, 0.29) is 11.9 Å². The van der Waals surface area contributed by atoms with Crippen LogP contribution in [-0.4, -0.2) is 29.4 Å². The third kappa shape index (κ3) is 3.70. The maximum absolute atomic E-state index is 13.4. The summed E-state index contributed by atoms with van der Waals surface area (Å²) in [4.78, 5) is 19.1. The standard InChI is InChI=1S/C27H26N2O2/c1-31-21-14-12-20(13-15-21)27-26-23(22-9-5-6-10-24(22)28-26)17-18-29(27)25(30)16-11-19-7-3-2-4-8-19/h2-10,12-15,27-28H,11,16-18H2,1H3/t27-/m0/s1. The van der Waals surface area contributed by atoms with Crippen molar-refractivity contribution in [3.8, 4) is 5.75 Å². The summed E-state index contributed by atoms with van der Waals surface area (Å²) in [5, 5.41) is 1.26. The number of H-pyrrole nitrogens is 1. The molecule has 0 bridgehead atoms. The fourth-order valence-corrected chi connectivity index (χ4v) is 4.68. The van der Waals surface area contributed by atoms with Crippen molar-refractivity contribution < 1.29 is 9.53 Å². The van der Waals surface area contributed by atoms with Gasteiger partial charge in [-0.25, -0.2) is 0 Å². The molecule has 1 aromatic heterocycles. The number of ether oxygens (including phenoxy) is 1. The highest BCUT2D eigenvalue weighted by molar-refractivity contribution is 5.86. The average molecular weight is 411 g/mol. The van der Waals surface area contributed by atoms with Gasteiger partial charge in [0.05, 0.1) is 13.2 Å². The zero-order valence-electron chi connectivity index (χ0n) is 17.7. The summed E-state index contributed by atoms with van der Waals surface area (Å²) >= 11 is 0. The van der Waals surface area contributed by atoms with Crippen LogP contribution in [0.15, 0.2) is 78.9 Å². The Hall–Kier alpha value is -3.53. The predicted octanol–water partition coefficient (Wildman–Crippen LogP) is 5.28. The van der Waals surface area contributed by atoms with E-state index in [2.05, 4.69) is 53.5 Å². The Kier molecular flexibility index (Phi) is 5.21. The van der Waals surface area contributed by atoms with Crippen LogP contribution >= 0.6 is 0 Å². The molecule has 0 aliphatic carbocycles. The van der Waals surface area contributed by atoms with Crippen molar-refractivity contribution in [1.29, 1.82) is 0 Å². The van der Waals surface area contributed by atoms with Crippen molar-refractivity contribution in [2.24, 2.45) is 0 Å². The molecule has 3 aromatic carbocycles. The van der Waals surface area contributed by atoms with Gasteiger partial charge in [-0.1, -0.05) is 60.7 Å². The van der Waals surface area contributed by atoms with Crippen LogP contribution in [0.3, 0.4) is 0 Å². The Morgan fingerprint density at radius 3 is 2.52 bits per heavy atom. The highest BCUT2D eigenvalue weighted by atomic mass is 16.5. The molecule has 0 saturated heterocycles. The number of aromatic amines is 1. The molecule has 1 atom stereocenters. The van der Waals surface area contributed by atoms with Crippen LogP contribution in [0.4, 0.5) is 0 Å². The van der Waals surface area contributed by atoms with E-state index in [1.165, 1.54) is 16.5 Å². The Morgan fingerprint density at radius 2 is 1.74 bits per heavy atom. The van der Waals surface area contributed by atoms with E-state index < -0.39 is 0 Å². The second-order valence-corrected chi connectivity index (χ2v) is 8.06.